The summed E-state index contributed by atoms with van der Waals surface area (Å²) in [6.07, 6.45) is 0.862. The van der Waals surface area contributed by atoms with Crippen molar-refractivity contribution in [2.24, 2.45) is 0 Å². The highest BCUT2D eigenvalue weighted by Crippen LogP contribution is 2.26. The summed E-state index contributed by atoms with van der Waals surface area (Å²) in [7, 11) is 0. The molecule has 0 aliphatic rings. The molecule has 0 fully saturated rings. The number of aromatic nitrogens is 1. The minimum Gasteiger partial charge on any atom is -0.297 e. The standard InChI is InChI=1S/C8H5NOS2/c10-5-6-1-2-8(12-6)7-3-4-11-9-7/h1-5H. The van der Waals surface area contributed by atoms with Crippen LogP contribution in [-0.2, 0) is 0 Å². The Labute approximate surface area is 77.7 Å². The number of aldehydes is 1. The highest BCUT2D eigenvalue weighted by molar-refractivity contribution is 7.17. The number of carbonyl (C=O) groups excluding carboxylic acids is 1. The molecular weight excluding hydrogens is 190 g/mol. The first-order valence-corrected chi connectivity index (χ1v) is 5.01. The van der Waals surface area contributed by atoms with Crippen LogP contribution in [0.25, 0.3) is 10.6 Å². The monoisotopic (exact) mass is 195 g/mol. The Hall–Kier alpha value is -1.00. The maximum Gasteiger partial charge on any atom is 0.160 e. The normalized spacial score (nSPS) is 10.0. The molecule has 60 valence electrons. The zero-order chi connectivity index (χ0) is 8.39. The van der Waals surface area contributed by atoms with Gasteiger partial charge in [0.25, 0.3) is 0 Å². The average molecular weight is 195 g/mol. The van der Waals surface area contributed by atoms with Crippen LogP contribution < -0.4 is 0 Å². The smallest absolute Gasteiger partial charge is 0.160 e. The summed E-state index contributed by atoms with van der Waals surface area (Å²) in [5.74, 6) is 0. The molecule has 2 nitrogen and oxygen atoms in total. The zero-order valence-electron chi connectivity index (χ0n) is 6.06. The molecule has 4 heteroatoms. The van der Waals surface area contributed by atoms with Gasteiger partial charge in [-0.1, -0.05) is 0 Å². The van der Waals surface area contributed by atoms with Crippen molar-refractivity contribution in [3.63, 3.8) is 0 Å². The van der Waals surface area contributed by atoms with Crippen LogP contribution in [0.3, 0.4) is 0 Å². The van der Waals surface area contributed by atoms with Crippen molar-refractivity contribution >= 4 is 29.2 Å². The molecule has 0 saturated heterocycles. The van der Waals surface area contributed by atoms with Crippen molar-refractivity contribution in [3.8, 4) is 10.6 Å². The number of thiophene rings is 1. The topological polar surface area (TPSA) is 30.0 Å². The molecule has 0 N–H and O–H groups in total. The van der Waals surface area contributed by atoms with Crippen molar-refractivity contribution in [1.82, 2.24) is 4.37 Å². The average Bonchev–Trinajstić information content (AvgIpc) is 2.75. The molecule has 2 aromatic heterocycles. The predicted molar refractivity (Wildman–Crippen MR) is 50.8 cm³/mol. The summed E-state index contributed by atoms with van der Waals surface area (Å²) in [4.78, 5) is 12.2. The first-order valence-electron chi connectivity index (χ1n) is 3.36. The van der Waals surface area contributed by atoms with Crippen molar-refractivity contribution in [1.29, 1.82) is 0 Å². The summed E-state index contributed by atoms with van der Waals surface area (Å²) in [5, 5.41) is 1.93. The maximum atomic E-state index is 10.4. The van der Waals surface area contributed by atoms with Crippen LogP contribution in [0.15, 0.2) is 23.6 Å². The molecular formula is C8H5NOS2. The summed E-state index contributed by atoms with van der Waals surface area (Å²) < 4.78 is 4.17. The van der Waals surface area contributed by atoms with E-state index in [0.29, 0.717) is 0 Å². The van der Waals surface area contributed by atoms with Crippen molar-refractivity contribution in [3.05, 3.63) is 28.5 Å². The van der Waals surface area contributed by atoms with E-state index in [1.807, 2.05) is 23.6 Å². The molecule has 2 heterocycles. The Morgan fingerprint density at radius 1 is 1.33 bits per heavy atom. The Kier molecular flexibility index (Phi) is 2.01. The molecule has 0 aliphatic heterocycles. The van der Waals surface area contributed by atoms with E-state index < -0.39 is 0 Å². The van der Waals surface area contributed by atoms with Gasteiger partial charge < -0.3 is 0 Å². The first-order chi connectivity index (χ1) is 5.90. The van der Waals surface area contributed by atoms with E-state index in [2.05, 4.69) is 4.37 Å². The fourth-order valence-electron chi connectivity index (χ4n) is 0.893. The van der Waals surface area contributed by atoms with Crippen LogP contribution in [-0.4, -0.2) is 10.7 Å². The fourth-order valence-corrected chi connectivity index (χ4v) is 2.27. The lowest BCUT2D eigenvalue weighted by Gasteiger charge is -1.84. The molecule has 0 atom stereocenters. The van der Waals surface area contributed by atoms with Gasteiger partial charge in [-0.3, -0.25) is 4.79 Å². The van der Waals surface area contributed by atoms with E-state index in [0.717, 1.165) is 21.7 Å². The molecule has 0 spiro atoms. The fraction of sp³-hybridized carbons (Fsp3) is 0. The third kappa shape index (κ3) is 1.31. The second-order valence-electron chi connectivity index (χ2n) is 2.20. The van der Waals surface area contributed by atoms with Crippen LogP contribution in [0, 0.1) is 0 Å². The minimum atomic E-state index is 0.748. The lowest BCUT2D eigenvalue weighted by Crippen LogP contribution is -1.65. The second kappa shape index (κ2) is 3.16. The number of hydrogen-bond acceptors (Lipinski definition) is 4. The molecule has 0 unspecified atom stereocenters. The van der Waals surface area contributed by atoms with Gasteiger partial charge in [-0.2, -0.15) is 4.37 Å². The molecule has 0 radical (unpaired) electrons. The lowest BCUT2D eigenvalue weighted by atomic mass is 10.3. The number of carbonyl (C=O) groups is 1. The lowest BCUT2D eigenvalue weighted by molar-refractivity contribution is 0.112. The van der Waals surface area contributed by atoms with Crippen LogP contribution in [0.4, 0.5) is 0 Å². The molecule has 0 bridgehead atoms. The van der Waals surface area contributed by atoms with Gasteiger partial charge in [-0.15, -0.1) is 11.3 Å². The van der Waals surface area contributed by atoms with Gasteiger partial charge in [-0.05, 0) is 29.7 Å². The van der Waals surface area contributed by atoms with Crippen molar-refractivity contribution in [2.75, 3.05) is 0 Å². The quantitative estimate of drug-likeness (QED) is 0.689. The van der Waals surface area contributed by atoms with Gasteiger partial charge >= 0.3 is 0 Å². The molecule has 0 aromatic carbocycles. The third-order valence-electron chi connectivity index (χ3n) is 1.43. The molecule has 12 heavy (non-hydrogen) atoms. The van der Waals surface area contributed by atoms with Crippen molar-refractivity contribution in [2.45, 2.75) is 0 Å². The predicted octanol–water partition coefficient (Wildman–Crippen LogP) is 2.68. The Bertz CT molecular complexity index is 377. The zero-order valence-corrected chi connectivity index (χ0v) is 7.69. The summed E-state index contributed by atoms with van der Waals surface area (Å²) >= 11 is 2.89. The molecule has 0 amide bonds. The van der Waals surface area contributed by atoms with Gasteiger partial charge in [0.1, 0.15) is 0 Å². The molecule has 2 aromatic rings. The summed E-state index contributed by atoms with van der Waals surface area (Å²) in [6.45, 7) is 0. The largest absolute Gasteiger partial charge is 0.297 e. The maximum absolute atomic E-state index is 10.4. The van der Waals surface area contributed by atoms with Crippen LogP contribution >= 0.6 is 22.9 Å². The van der Waals surface area contributed by atoms with Gasteiger partial charge in [-0.25, -0.2) is 0 Å². The number of hydrogen-bond donors (Lipinski definition) is 0. The van der Waals surface area contributed by atoms with Gasteiger partial charge in [0, 0.05) is 5.38 Å². The van der Waals surface area contributed by atoms with Gasteiger partial charge in [0.2, 0.25) is 0 Å². The van der Waals surface area contributed by atoms with E-state index in [1.54, 1.807) is 0 Å². The van der Waals surface area contributed by atoms with E-state index in [9.17, 15) is 4.79 Å². The number of nitrogens with zero attached hydrogens (tertiary/aromatic N) is 1. The highest BCUT2D eigenvalue weighted by atomic mass is 32.1. The van der Waals surface area contributed by atoms with E-state index in [1.165, 1.54) is 22.9 Å². The summed E-state index contributed by atoms with van der Waals surface area (Å²) in [5.41, 5.74) is 0.957. The van der Waals surface area contributed by atoms with E-state index in [-0.39, 0.29) is 0 Å². The Morgan fingerprint density at radius 2 is 2.25 bits per heavy atom. The van der Waals surface area contributed by atoms with E-state index >= 15 is 0 Å². The third-order valence-corrected chi connectivity index (χ3v) is 3.03. The minimum absolute atomic E-state index is 0.748. The van der Waals surface area contributed by atoms with E-state index in [4.69, 9.17) is 0 Å². The molecule has 0 aliphatic carbocycles. The van der Waals surface area contributed by atoms with Crippen LogP contribution in [0.2, 0.25) is 0 Å². The molecule has 0 saturated carbocycles. The van der Waals surface area contributed by atoms with Gasteiger partial charge in [0.05, 0.1) is 15.4 Å². The molecule has 2 rings (SSSR count). The Balaban J connectivity index is 2.41. The van der Waals surface area contributed by atoms with Crippen LogP contribution in [0.1, 0.15) is 9.67 Å². The SMILES string of the molecule is O=Cc1ccc(-c2ccsn2)s1. The van der Waals surface area contributed by atoms with Crippen LogP contribution in [0.5, 0.6) is 0 Å². The second-order valence-corrected chi connectivity index (χ2v) is 3.99. The number of rotatable bonds is 2. The van der Waals surface area contributed by atoms with Crippen molar-refractivity contribution < 1.29 is 4.79 Å². The summed E-state index contributed by atoms with van der Waals surface area (Å²) in [6, 6.07) is 5.68. The Morgan fingerprint density at radius 3 is 2.83 bits per heavy atom. The van der Waals surface area contributed by atoms with Gasteiger partial charge in [0.15, 0.2) is 6.29 Å². The highest BCUT2D eigenvalue weighted by Gasteiger charge is 2.02. The first kappa shape index (κ1) is 7.64.